The SMILES string of the molecule is CCc1ccc(N[C@H]2NC(=O)/C(=C/c3cc(Br)c(OCc4ccc5c(c4)OCO5)c(OC)c3)S2)cc1. The summed E-state index contributed by atoms with van der Waals surface area (Å²) in [5.41, 5.74) is 3.75. The number of ether oxygens (including phenoxy) is 4. The van der Waals surface area contributed by atoms with E-state index in [9.17, 15) is 4.79 Å². The van der Waals surface area contributed by atoms with Crippen LogP contribution in [0.5, 0.6) is 23.0 Å². The fraction of sp³-hybridized carbons (Fsp3) is 0.222. The molecular weight excluding hydrogens is 544 g/mol. The number of nitrogens with one attached hydrogen (secondary N) is 2. The molecule has 1 amide bonds. The Morgan fingerprint density at radius 2 is 1.89 bits per heavy atom. The summed E-state index contributed by atoms with van der Waals surface area (Å²) in [7, 11) is 1.59. The van der Waals surface area contributed by atoms with Crippen LogP contribution < -0.4 is 29.6 Å². The molecule has 9 heteroatoms. The van der Waals surface area contributed by atoms with Crippen LogP contribution in [0.1, 0.15) is 23.6 Å². The number of halogens is 1. The lowest BCUT2D eigenvalue weighted by Gasteiger charge is -2.14. The molecule has 36 heavy (non-hydrogen) atoms. The summed E-state index contributed by atoms with van der Waals surface area (Å²) in [5.74, 6) is 2.46. The molecule has 3 aromatic rings. The number of aryl methyl sites for hydroxylation is 1. The zero-order valence-electron chi connectivity index (χ0n) is 19.8. The van der Waals surface area contributed by atoms with Crippen molar-refractivity contribution in [2.24, 2.45) is 0 Å². The lowest BCUT2D eigenvalue weighted by molar-refractivity contribution is -0.116. The zero-order chi connectivity index (χ0) is 25.1. The first kappa shape index (κ1) is 24.4. The van der Waals surface area contributed by atoms with Gasteiger partial charge in [0.05, 0.1) is 16.5 Å². The van der Waals surface area contributed by atoms with E-state index in [0.717, 1.165) is 33.5 Å². The predicted octanol–water partition coefficient (Wildman–Crippen LogP) is 5.93. The number of thioether (sulfide) groups is 1. The van der Waals surface area contributed by atoms with Crippen LogP contribution in [0.25, 0.3) is 6.08 Å². The number of fused-ring (bicyclic) bond motifs is 1. The largest absolute Gasteiger partial charge is 0.493 e. The molecule has 0 aromatic heterocycles. The van der Waals surface area contributed by atoms with Gasteiger partial charge < -0.3 is 29.6 Å². The van der Waals surface area contributed by atoms with E-state index < -0.39 is 0 Å². The highest BCUT2D eigenvalue weighted by Crippen LogP contribution is 2.40. The Labute approximate surface area is 222 Å². The highest BCUT2D eigenvalue weighted by molar-refractivity contribution is 9.10. The molecule has 0 saturated carbocycles. The zero-order valence-corrected chi connectivity index (χ0v) is 22.2. The molecule has 5 rings (SSSR count). The highest BCUT2D eigenvalue weighted by atomic mass is 79.9. The Morgan fingerprint density at radius 3 is 2.67 bits per heavy atom. The summed E-state index contributed by atoms with van der Waals surface area (Å²) in [6.07, 6.45) is 2.83. The number of carbonyl (C=O) groups is 1. The van der Waals surface area contributed by atoms with Gasteiger partial charge in [0.15, 0.2) is 28.5 Å². The molecule has 0 radical (unpaired) electrons. The second-order valence-corrected chi connectivity index (χ2v) is 10.2. The summed E-state index contributed by atoms with van der Waals surface area (Å²) in [6, 6.07) is 17.7. The quantitative estimate of drug-likeness (QED) is 0.326. The molecule has 186 valence electrons. The fourth-order valence-corrected chi connectivity index (χ4v) is 5.41. The van der Waals surface area contributed by atoms with Gasteiger partial charge in [-0.25, -0.2) is 0 Å². The number of anilines is 1. The van der Waals surface area contributed by atoms with Crippen molar-refractivity contribution in [1.82, 2.24) is 5.32 Å². The van der Waals surface area contributed by atoms with Crippen LogP contribution in [-0.2, 0) is 17.8 Å². The summed E-state index contributed by atoms with van der Waals surface area (Å²) >= 11 is 5.03. The van der Waals surface area contributed by atoms with Gasteiger partial charge in [-0.3, -0.25) is 4.79 Å². The molecule has 0 unspecified atom stereocenters. The standard InChI is InChI=1S/C27H25BrN2O5S/c1-3-16-4-7-19(8-5-16)29-27-30-26(31)24(36-27)13-18-10-20(28)25(23(12-18)32-2)33-14-17-6-9-21-22(11-17)35-15-34-21/h4-13,27,29H,3,14-15H2,1-2H3,(H,30,31)/b24-13-/t27-/m0/s1. The van der Waals surface area contributed by atoms with Gasteiger partial charge in [0.2, 0.25) is 6.79 Å². The average Bonchev–Trinajstić information content (AvgIpc) is 3.49. The van der Waals surface area contributed by atoms with Gasteiger partial charge in [-0.1, -0.05) is 36.9 Å². The third-order valence-electron chi connectivity index (χ3n) is 5.76. The van der Waals surface area contributed by atoms with E-state index >= 15 is 0 Å². The van der Waals surface area contributed by atoms with Crippen LogP contribution in [0, 0.1) is 0 Å². The van der Waals surface area contributed by atoms with Crippen molar-refractivity contribution in [3.8, 4) is 23.0 Å². The van der Waals surface area contributed by atoms with Crippen LogP contribution in [0.2, 0.25) is 0 Å². The molecule has 2 aliphatic rings. The lowest BCUT2D eigenvalue weighted by Crippen LogP contribution is -2.30. The van der Waals surface area contributed by atoms with Gasteiger partial charge in [0.25, 0.3) is 5.91 Å². The minimum atomic E-state index is -0.245. The van der Waals surface area contributed by atoms with E-state index in [4.69, 9.17) is 18.9 Å². The van der Waals surface area contributed by atoms with Crippen LogP contribution >= 0.6 is 27.7 Å². The van der Waals surface area contributed by atoms with E-state index in [1.807, 2.05) is 48.5 Å². The van der Waals surface area contributed by atoms with Crippen molar-refractivity contribution in [3.05, 3.63) is 80.7 Å². The van der Waals surface area contributed by atoms with E-state index in [-0.39, 0.29) is 18.2 Å². The third-order valence-corrected chi connectivity index (χ3v) is 7.38. The average molecular weight is 569 g/mol. The van der Waals surface area contributed by atoms with E-state index in [0.29, 0.717) is 28.8 Å². The Bertz CT molecular complexity index is 1310. The first-order valence-corrected chi connectivity index (χ1v) is 13.1. The molecule has 2 heterocycles. The van der Waals surface area contributed by atoms with Gasteiger partial charge in [-0.05, 0) is 81.5 Å². The van der Waals surface area contributed by atoms with Gasteiger partial charge in [0, 0.05) is 5.69 Å². The van der Waals surface area contributed by atoms with Gasteiger partial charge in [-0.15, -0.1) is 0 Å². The first-order chi connectivity index (χ1) is 17.5. The van der Waals surface area contributed by atoms with Crippen LogP contribution in [-0.4, -0.2) is 25.3 Å². The molecule has 1 fully saturated rings. The number of carbonyl (C=O) groups excluding carboxylic acids is 1. The van der Waals surface area contributed by atoms with E-state index in [1.165, 1.54) is 17.3 Å². The Morgan fingerprint density at radius 1 is 1.11 bits per heavy atom. The van der Waals surface area contributed by atoms with E-state index in [2.05, 4.69) is 45.6 Å². The summed E-state index contributed by atoms with van der Waals surface area (Å²) in [6.45, 7) is 2.68. The molecule has 1 saturated heterocycles. The maximum atomic E-state index is 12.6. The smallest absolute Gasteiger partial charge is 0.260 e. The van der Waals surface area contributed by atoms with Crippen molar-refractivity contribution in [2.45, 2.75) is 25.4 Å². The maximum absolute atomic E-state index is 12.6. The summed E-state index contributed by atoms with van der Waals surface area (Å²) in [4.78, 5) is 13.2. The normalized spacial score (nSPS) is 17.2. The molecule has 0 bridgehead atoms. The van der Waals surface area contributed by atoms with Crippen molar-refractivity contribution in [2.75, 3.05) is 19.2 Å². The fourth-order valence-electron chi connectivity index (χ4n) is 3.85. The maximum Gasteiger partial charge on any atom is 0.260 e. The van der Waals surface area contributed by atoms with Gasteiger partial charge in [0.1, 0.15) is 6.61 Å². The molecule has 3 aromatic carbocycles. The minimum Gasteiger partial charge on any atom is -0.493 e. The van der Waals surface area contributed by atoms with Crippen molar-refractivity contribution in [3.63, 3.8) is 0 Å². The molecule has 7 nitrogen and oxygen atoms in total. The molecular formula is C27H25BrN2O5S. The Hall–Kier alpha value is -3.30. The van der Waals surface area contributed by atoms with Crippen LogP contribution in [0.3, 0.4) is 0 Å². The molecule has 0 aliphatic carbocycles. The van der Waals surface area contributed by atoms with Gasteiger partial charge >= 0.3 is 0 Å². The van der Waals surface area contributed by atoms with Crippen molar-refractivity contribution in [1.29, 1.82) is 0 Å². The topological polar surface area (TPSA) is 78.1 Å². The third kappa shape index (κ3) is 5.42. The van der Waals surface area contributed by atoms with Crippen LogP contribution in [0.15, 0.2) is 64.0 Å². The lowest BCUT2D eigenvalue weighted by atomic mass is 10.1. The first-order valence-electron chi connectivity index (χ1n) is 11.5. The van der Waals surface area contributed by atoms with Crippen molar-refractivity contribution >= 4 is 45.4 Å². The Balaban J connectivity index is 1.28. The highest BCUT2D eigenvalue weighted by Gasteiger charge is 2.27. The summed E-state index contributed by atoms with van der Waals surface area (Å²) in [5, 5.41) is 6.32. The number of methoxy groups -OCH3 is 1. The second-order valence-electron chi connectivity index (χ2n) is 8.19. The molecule has 2 aliphatic heterocycles. The van der Waals surface area contributed by atoms with Gasteiger partial charge in [-0.2, -0.15) is 0 Å². The second kappa shape index (κ2) is 10.8. The number of hydrogen-bond acceptors (Lipinski definition) is 7. The molecule has 2 N–H and O–H groups in total. The number of amides is 1. The Kier molecular flexibility index (Phi) is 7.29. The molecule has 1 atom stereocenters. The summed E-state index contributed by atoms with van der Waals surface area (Å²) < 4.78 is 23.2. The number of rotatable bonds is 8. The monoisotopic (exact) mass is 568 g/mol. The number of hydrogen-bond donors (Lipinski definition) is 2. The van der Waals surface area contributed by atoms with E-state index in [1.54, 1.807) is 7.11 Å². The molecule has 0 spiro atoms. The predicted molar refractivity (Wildman–Crippen MR) is 145 cm³/mol. The number of benzene rings is 3. The minimum absolute atomic E-state index is 0.124. The van der Waals surface area contributed by atoms with Crippen molar-refractivity contribution < 1.29 is 23.7 Å². The van der Waals surface area contributed by atoms with Crippen LogP contribution in [0.4, 0.5) is 5.69 Å².